The molecule has 1 fully saturated rings. The third-order valence-electron chi connectivity index (χ3n) is 3.34. The highest BCUT2D eigenvalue weighted by Crippen LogP contribution is 2.18. The molecule has 1 aliphatic heterocycles. The van der Waals surface area contributed by atoms with Gasteiger partial charge in [0.25, 0.3) is 5.91 Å². The second-order valence-electron chi connectivity index (χ2n) is 4.67. The van der Waals surface area contributed by atoms with E-state index < -0.39 is 6.10 Å². The first-order chi connectivity index (χ1) is 9.11. The van der Waals surface area contributed by atoms with E-state index in [1.54, 1.807) is 0 Å². The Hall–Kier alpha value is -0.910. The van der Waals surface area contributed by atoms with Crippen LogP contribution in [0.3, 0.4) is 0 Å². The van der Waals surface area contributed by atoms with Gasteiger partial charge in [-0.2, -0.15) is 0 Å². The molecule has 1 aromatic rings. The number of amides is 1. The SMILES string of the molecule is CCc1ccc(Br)cc1C(=O)N[C@@H]1CCOC[C@H]1O. The lowest BCUT2D eigenvalue weighted by Crippen LogP contribution is -2.48. The zero-order valence-corrected chi connectivity index (χ0v) is 12.4. The highest BCUT2D eigenvalue weighted by Gasteiger charge is 2.26. The van der Waals surface area contributed by atoms with Crippen LogP contribution >= 0.6 is 15.9 Å². The molecular weight excluding hydrogens is 310 g/mol. The van der Waals surface area contributed by atoms with Gasteiger partial charge in [0.05, 0.1) is 18.8 Å². The molecule has 0 radical (unpaired) electrons. The molecule has 5 heteroatoms. The fourth-order valence-electron chi connectivity index (χ4n) is 2.21. The summed E-state index contributed by atoms with van der Waals surface area (Å²) in [6.45, 7) is 2.87. The molecule has 1 amide bonds. The van der Waals surface area contributed by atoms with Crippen LogP contribution in [-0.4, -0.2) is 36.4 Å². The largest absolute Gasteiger partial charge is 0.389 e. The standard InChI is InChI=1S/C14H18BrNO3/c1-2-9-3-4-10(15)7-11(9)14(18)16-12-5-6-19-8-13(12)17/h3-4,7,12-13,17H,2,5-6,8H2,1H3,(H,16,18)/t12-,13-/m1/s1. The normalized spacial score (nSPS) is 23.1. The zero-order valence-electron chi connectivity index (χ0n) is 10.9. The van der Waals surface area contributed by atoms with Crippen molar-refractivity contribution in [1.29, 1.82) is 0 Å². The lowest BCUT2D eigenvalue weighted by molar-refractivity contribution is -0.0260. The third-order valence-corrected chi connectivity index (χ3v) is 3.83. The molecule has 0 spiro atoms. The molecule has 0 bridgehead atoms. The van der Waals surface area contributed by atoms with E-state index in [0.717, 1.165) is 16.5 Å². The van der Waals surface area contributed by atoms with E-state index in [0.29, 0.717) is 18.6 Å². The molecule has 2 rings (SSSR count). The monoisotopic (exact) mass is 327 g/mol. The third kappa shape index (κ3) is 3.55. The average molecular weight is 328 g/mol. The number of carbonyl (C=O) groups excluding carboxylic acids is 1. The van der Waals surface area contributed by atoms with E-state index in [1.807, 2.05) is 25.1 Å². The second kappa shape index (κ2) is 6.50. The molecule has 0 saturated carbocycles. The molecule has 2 atom stereocenters. The van der Waals surface area contributed by atoms with Crippen LogP contribution in [0, 0.1) is 0 Å². The number of carbonyl (C=O) groups is 1. The number of hydrogen-bond donors (Lipinski definition) is 2. The minimum Gasteiger partial charge on any atom is -0.389 e. The molecule has 1 saturated heterocycles. The van der Waals surface area contributed by atoms with Crippen LogP contribution in [0.25, 0.3) is 0 Å². The van der Waals surface area contributed by atoms with Crippen LogP contribution in [0.4, 0.5) is 0 Å². The minimum atomic E-state index is -0.630. The summed E-state index contributed by atoms with van der Waals surface area (Å²) in [7, 11) is 0. The maximum Gasteiger partial charge on any atom is 0.251 e. The first-order valence-corrected chi connectivity index (χ1v) is 7.26. The van der Waals surface area contributed by atoms with Gasteiger partial charge in [0.1, 0.15) is 0 Å². The van der Waals surface area contributed by atoms with E-state index in [4.69, 9.17) is 4.74 Å². The van der Waals surface area contributed by atoms with Gasteiger partial charge in [-0.1, -0.05) is 28.9 Å². The van der Waals surface area contributed by atoms with E-state index in [9.17, 15) is 9.90 Å². The van der Waals surface area contributed by atoms with Crippen molar-refractivity contribution in [2.45, 2.75) is 31.9 Å². The first kappa shape index (κ1) is 14.5. The van der Waals surface area contributed by atoms with Crippen molar-refractivity contribution in [3.05, 3.63) is 33.8 Å². The summed E-state index contributed by atoms with van der Waals surface area (Å²) in [4.78, 5) is 12.3. The van der Waals surface area contributed by atoms with Gasteiger partial charge < -0.3 is 15.2 Å². The van der Waals surface area contributed by atoms with Crippen LogP contribution < -0.4 is 5.32 Å². The summed E-state index contributed by atoms with van der Waals surface area (Å²) in [6, 6.07) is 5.46. The smallest absolute Gasteiger partial charge is 0.251 e. The number of halogens is 1. The number of aliphatic hydroxyl groups is 1. The summed E-state index contributed by atoms with van der Waals surface area (Å²) in [5.41, 5.74) is 1.66. The van der Waals surface area contributed by atoms with Crippen molar-refractivity contribution < 1.29 is 14.6 Å². The number of hydrogen-bond acceptors (Lipinski definition) is 3. The number of benzene rings is 1. The second-order valence-corrected chi connectivity index (χ2v) is 5.58. The Kier molecular flexibility index (Phi) is 4.96. The molecule has 0 aliphatic carbocycles. The van der Waals surface area contributed by atoms with E-state index in [2.05, 4.69) is 21.2 Å². The van der Waals surface area contributed by atoms with Crippen LogP contribution in [0.5, 0.6) is 0 Å². The Labute approximate surface area is 121 Å². The van der Waals surface area contributed by atoms with Crippen LogP contribution in [0.2, 0.25) is 0 Å². The summed E-state index contributed by atoms with van der Waals surface area (Å²) in [5.74, 6) is -0.135. The number of ether oxygens (including phenoxy) is 1. The molecular formula is C14H18BrNO3. The van der Waals surface area contributed by atoms with Crippen molar-refractivity contribution in [3.63, 3.8) is 0 Å². The van der Waals surface area contributed by atoms with Crippen LogP contribution in [-0.2, 0) is 11.2 Å². The molecule has 0 aromatic heterocycles. The summed E-state index contributed by atoms with van der Waals surface area (Å²) in [6.07, 6.45) is 0.810. The van der Waals surface area contributed by atoms with E-state index in [1.165, 1.54) is 0 Å². The number of aliphatic hydroxyl groups excluding tert-OH is 1. The highest BCUT2D eigenvalue weighted by molar-refractivity contribution is 9.10. The van der Waals surface area contributed by atoms with Gasteiger partial charge >= 0.3 is 0 Å². The van der Waals surface area contributed by atoms with Crippen molar-refractivity contribution in [1.82, 2.24) is 5.32 Å². The summed E-state index contributed by atoms with van der Waals surface area (Å²) in [5, 5.41) is 12.7. The summed E-state index contributed by atoms with van der Waals surface area (Å²) >= 11 is 3.38. The molecule has 1 aromatic carbocycles. The van der Waals surface area contributed by atoms with Gasteiger partial charge in [0.15, 0.2) is 0 Å². The highest BCUT2D eigenvalue weighted by atomic mass is 79.9. The van der Waals surface area contributed by atoms with Gasteiger partial charge in [-0.25, -0.2) is 0 Å². The Morgan fingerprint density at radius 3 is 3.05 bits per heavy atom. The Morgan fingerprint density at radius 2 is 2.37 bits per heavy atom. The Morgan fingerprint density at radius 1 is 1.58 bits per heavy atom. The van der Waals surface area contributed by atoms with Crippen molar-refractivity contribution in [2.24, 2.45) is 0 Å². The quantitative estimate of drug-likeness (QED) is 0.891. The van der Waals surface area contributed by atoms with Gasteiger partial charge in [-0.05, 0) is 30.5 Å². The number of rotatable bonds is 3. The maximum atomic E-state index is 12.3. The molecule has 0 unspecified atom stereocenters. The topological polar surface area (TPSA) is 58.6 Å². The predicted molar refractivity (Wildman–Crippen MR) is 76.2 cm³/mol. The Balaban J connectivity index is 2.13. The van der Waals surface area contributed by atoms with Gasteiger partial charge in [-0.15, -0.1) is 0 Å². The molecule has 104 valence electrons. The van der Waals surface area contributed by atoms with Crippen molar-refractivity contribution in [3.8, 4) is 0 Å². The minimum absolute atomic E-state index is 0.135. The van der Waals surface area contributed by atoms with Crippen LogP contribution in [0.15, 0.2) is 22.7 Å². The number of aryl methyl sites for hydroxylation is 1. The predicted octanol–water partition coefficient (Wildman–Crippen LogP) is 1.89. The molecule has 1 aliphatic rings. The number of nitrogens with one attached hydrogen (secondary N) is 1. The molecule has 4 nitrogen and oxygen atoms in total. The van der Waals surface area contributed by atoms with E-state index in [-0.39, 0.29) is 18.6 Å². The zero-order chi connectivity index (χ0) is 13.8. The fourth-order valence-corrected chi connectivity index (χ4v) is 2.57. The average Bonchev–Trinajstić information content (AvgIpc) is 2.41. The fraction of sp³-hybridized carbons (Fsp3) is 0.500. The lowest BCUT2D eigenvalue weighted by atomic mass is 10.0. The van der Waals surface area contributed by atoms with E-state index >= 15 is 0 Å². The van der Waals surface area contributed by atoms with Crippen molar-refractivity contribution in [2.75, 3.05) is 13.2 Å². The van der Waals surface area contributed by atoms with Crippen LogP contribution in [0.1, 0.15) is 29.3 Å². The van der Waals surface area contributed by atoms with Gasteiger partial charge in [0, 0.05) is 16.6 Å². The molecule has 1 heterocycles. The maximum absolute atomic E-state index is 12.3. The van der Waals surface area contributed by atoms with Gasteiger partial charge in [0.2, 0.25) is 0 Å². The first-order valence-electron chi connectivity index (χ1n) is 6.47. The van der Waals surface area contributed by atoms with Crippen molar-refractivity contribution >= 4 is 21.8 Å². The molecule has 2 N–H and O–H groups in total. The van der Waals surface area contributed by atoms with Gasteiger partial charge in [-0.3, -0.25) is 4.79 Å². The lowest BCUT2D eigenvalue weighted by Gasteiger charge is -2.28. The summed E-state index contributed by atoms with van der Waals surface area (Å²) < 4.78 is 6.03. The molecule has 19 heavy (non-hydrogen) atoms. The Bertz CT molecular complexity index is 464.